The Morgan fingerprint density at radius 3 is 2.37 bits per heavy atom. The van der Waals surface area contributed by atoms with Crippen LogP contribution in [-0.2, 0) is 15.0 Å². The molecule has 0 spiro atoms. The second-order valence-electron chi connectivity index (χ2n) is 9.31. The van der Waals surface area contributed by atoms with Crippen LogP contribution in [0.1, 0.15) is 58.1 Å². The van der Waals surface area contributed by atoms with Crippen molar-refractivity contribution >= 4 is 23.2 Å². The van der Waals surface area contributed by atoms with E-state index in [-0.39, 0.29) is 23.7 Å². The van der Waals surface area contributed by atoms with E-state index in [0.717, 1.165) is 11.3 Å². The number of carbonyl (C=O) groups is 2. The molecule has 1 N–H and O–H groups in total. The summed E-state index contributed by atoms with van der Waals surface area (Å²) >= 11 is 0. The molecule has 0 bridgehead atoms. The first-order valence-corrected chi connectivity index (χ1v) is 10.5. The monoisotopic (exact) mass is 408 g/mol. The van der Waals surface area contributed by atoms with E-state index in [1.54, 1.807) is 12.0 Å². The minimum atomic E-state index is -0.398. The van der Waals surface area contributed by atoms with E-state index in [9.17, 15) is 9.59 Å². The number of methoxy groups -OCH3 is 1. The molecule has 30 heavy (non-hydrogen) atoms. The van der Waals surface area contributed by atoms with Gasteiger partial charge in [0.25, 0.3) is 0 Å². The lowest BCUT2D eigenvalue weighted by Crippen LogP contribution is -2.28. The summed E-state index contributed by atoms with van der Waals surface area (Å²) in [6.07, 6.45) is 0.207. The summed E-state index contributed by atoms with van der Waals surface area (Å²) in [6, 6.07) is 13.9. The van der Waals surface area contributed by atoms with Crippen LogP contribution < -0.4 is 15.0 Å². The number of amides is 2. The van der Waals surface area contributed by atoms with Crippen molar-refractivity contribution in [3.05, 3.63) is 53.6 Å². The Hall–Kier alpha value is -2.82. The highest BCUT2D eigenvalue weighted by molar-refractivity contribution is 6.04. The quantitative estimate of drug-likeness (QED) is 0.748. The lowest BCUT2D eigenvalue weighted by Gasteiger charge is -2.22. The summed E-state index contributed by atoms with van der Waals surface area (Å²) in [5, 5.41) is 2.99. The number of benzene rings is 2. The van der Waals surface area contributed by atoms with Crippen molar-refractivity contribution in [1.82, 2.24) is 0 Å². The van der Waals surface area contributed by atoms with Gasteiger partial charge in [-0.1, -0.05) is 52.8 Å². The van der Waals surface area contributed by atoms with Gasteiger partial charge in [0, 0.05) is 18.7 Å². The fraction of sp³-hybridized carbons (Fsp3) is 0.440. The van der Waals surface area contributed by atoms with Gasteiger partial charge in [0.1, 0.15) is 5.75 Å². The van der Waals surface area contributed by atoms with Crippen LogP contribution in [0.5, 0.6) is 5.75 Å². The van der Waals surface area contributed by atoms with Gasteiger partial charge in [-0.15, -0.1) is 0 Å². The van der Waals surface area contributed by atoms with Gasteiger partial charge in [-0.2, -0.15) is 0 Å². The zero-order valence-electron chi connectivity index (χ0n) is 18.8. The first kappa shape index (κ1) is 21.9. The number of hydrogen-bond donors (Lipinski definition) is 1. The van der Waals surface area contributed by atoms with E-state index in [2.05, 4.69) is 39.9 Å². The topological polar surface area (TPSA) is 58.6 Å². The average molecular weight is 409 g/mol. The van der Waals surface area contributed by atoms with Crippen molar-refractivity contribution in [3.63, 3.8) is 0 Å². The second kappa shape index (κ2) is 8.50. The van der Waals surface area contributed by atoms with Gasteiger partial charge < -0.3 is 15.0 Å². The first-order valence-electron chi connectivity index (χ1n) is 10.5. The average Bonchev–Trinajstić information content (AvgIpc) is 3.09. The molecule has 2 aromatic carbocycles. The molecule has 0 saturated carbocycles. The largest absolute Gasteiger partial charge is 0.495 e. The van der Waals surface area contributed by atoms with E-state index < -0.39 is 5.92 Å². The minimum absolute atomic E-state index is 0.0251. The summed E-state index contributed by atoms with van der Waals surface area (Å²) in [7, 11) is 1.59. The third-order valence-corrected chi connectivity index (χ3v) is 5.69. The molecule has 1 saturated heterocycles. The van der Waals surface area contributed by atoms with Gasteiger partial charge >= 0.3 is 0 Å². The Balaban J connectivity index is 1.75. The Kier molecular flexibility index (Phi) is 6.20. The fourth-order valence-electron chi connectivity index (χ4n) is 3.68. The molecule has 1 aliphatic heterocycles. The standard InChI is InChI=1S/C25H32N2O3/c1-16(2)17-7-10-20(11-8-17)27-15-18(13-23(27)28)24(29)26-21-14-19(25(3,4)5)9-12-22(21)30-6/h7-12,14,16,18H,13,15H2,1-6H3,(H,26,29)/t18-/m0/s1. The van der Waals surface area contributed by atoms with Gasteiger partial charge in [-0.05, 0) is 46.7 Å². The van der Waals surface area contributed by atoms with Crippen LogP contribution in [0.3, 0.4) is 0 Å². The van der Waals surface area contributed by atoms with Crippen molar-refractivity contribution in [3.8, 4) is 5.75 Å². The molecule has 0 radical (unpaired) electrons. The van der Waals surface area contributed by atoms with Gasteiger partial charge in [-0.25, -0.2) is 0 Å². The van der Waals surface area contributed by atoms with Crippen molar-refractivity contribution in [1.29, 1.82) is 0 Å². The molecule has 3 rings (SSSR count). The molecule has 1 heterocycles. The molecule has 5 nitrogen and oxygen atoms in total. The maximum absolute atomic E-state index is 13.0. The molecular weight excluding hydrogens is 376 g/mol. The normalized spacial score (nSPS) is 16.8. The van der Waals surface area contributed by atoms with Gasteiger partial charge in [0.15, 0.2) is 0 Å². The molecule has 0 aromatic heterocycles. The van der Waals surface area contributed by atoms with E-state index in [1.807, 2.05) is 42.5 Å². The maximum atomic E-state index is 13.0. The summed E-state index contributed by atoms with van der Waals surface area (Å²) < 4.78 is 5.43. The summed E-state index contributed by atoms with van der Waals surface area (Å²) in [5.74, 6) is 0.467. The molecule has 2 amide bonds. The highest BCUT2D eigenvalue weighted by Gasteiger charge is 2.35. The van der Waals surface area contributed by atoms with Crippen LogP contribution >= 0.6 is 0 Å². The number of nitrogens with zero attached hydrogens (tertiary/aromatic N) is 1. The summed E-state index contributed by atoms with van der Waals surface area (Å²) in [4.78, 5) is 27.3. The molecule has 5 heteroatoms. The molecular formula is C25H32N2O3. The Labute approximate surface area is 179 Å². The molecule has 1 fully saturated rings. The Morgan fingerprint density at radius 1 is 1.13 bits per heavy atom. The van der Waals surface area contributed by atoms with Crippen LogP contribution in [0.15, 0.2) is 42.5 Å². The van der Waals surface area contributed by atoms with Crippen LogP contribution in [-0.4, -0.2) is 25.5 Å². The van der Waals surface area contributed by atoms with Gasteiger partial charge in [-0.3, -0.25) is 9.59 Å². The zero-order valence-corrected chi connectivity index (χ0v) is 18.8. The second-order valence-corrected chi connectivity index (χ2v) is 9.31. The predicted molar refractivity (Wildman–Crippen MR) is 121 cm³/mol. The molecule has 0 aliphatic carbocycles. The fourth-order valence-corrected chi connectivity index (χ4v) is 3.68. The van der Waals surface area contributed by atoms with E-state index in [4.69, 9.17) is 4.74 Å². The number of anilines is 2. The van der Waals surface area contributed by atoms with E-state index >= 15 is 0 Å². The van der Waals surface area contributed by atoms with Gasteiger partial charge in [0.2, 0.25) is 11.8 Å². The van der Waals surface area contributed by atoms with Crippen LogP contribution in [0.4, 0.5) is 11.4 Å². The van der Waals surface area contributed by atoms with E-state index in [1.165, 1.54) is 5.56 Å². The van der Waals surface area contributed by atoms with Crippen molar-refractivity contribution in [2.24, 2.45) is 5.92 Å². The third kappa shape index (κ3) is 4.66. The summed E-state index contributed by atoms with van der Waals surface area (Å²) in [5.41, 5.74) is 3.76. The van der Waals surface area contributed by atoms with Crippen molar-refractivity contribution in [2.45, 2.75) is 52.4 Å². The zero-order chi connectivity index (χ0) is 22.1. The summed E-state index contributed by atoms with van der Waals surface area (Å²) in [6.45, 7) is 11.0. The van der Waals surface area contributed by atoms with Crippen molar-refractivity contribution < 1.29 is 14.3 Å². The minimum Gasteiger partial charge on any atom is -0.495 e. The smallest absolute Gasteiger partial charge is 0.229 e. The van der Waals surface area contributed by atoms with Crippen LogP contribution in [0.2, 0.25) is 0 Å². The number of carbonyl (C=O) groups excluding carboxylic acids is 2. The highest BCUT2D eigenvalue weighted by atomic mass is 16.5. The van der Waals surface area contributed by atoms with Crippen LogP contribution in [0, 0.1) is 5.92 Å². The molecule has 2 aromatic rings. The van der Waals surface area contributed by atoms with Crippen molar-refractivity contribution in [2.75, 3.05) is 23.9 Å². The lowest BCUT2D eigenvalue weighted by molar-refractivity contribution is -0.122. The Morgan fingerprint density at radius 2 is 1.80 bits per heavy atom. The molecule has 160 valence electrons. The predicted octanol–water partition coefficient (Wildman–Crippen LogP) is 5.11. The first-order chi connectivity index (χ1) is 14.1. The third-order valence-electron chi connectivity index (χ3n) is 5.69. The maximum Gasteiger partial charge on any atom is 0.229 e. The molecule has 0 unspecified atom stereocenters. The number of ether oxygens (including phenoxy) is 1. The highest BCUT2D eigenvalue weighted by Crippen LogP contribution is 2.33. The number of rotatable bonds is 5. The van der Waals surface area contributed by atoms with E-state index in [0.29, 0.717) is 23.9 Å². The number of nitrogens with one attached hydrogen (secondary N) is 1. The molecule has 1 atom stereocenters. The van der Waals surface area contributed by atoms with Crippen LogP contribution in [0.25, 0.3) is 0 Å². The SMILES string of the molecule is COc1ccc(C(C)(C)C)cc1NC(=O)[C@H]1CC(=O)N(c2ccc(C(C)C)cc2)C1. The Bertz CT molecular complexity index is 926. The molecule has 1 aliphatic rings. The lowest BCUT2D eigenvalue weighted by atomic mass is 9.86. The number of hydrogen-bond acceptors (Lipinski definition) is 3. The van der Waals surface area contributed by atoms with Gasteiger partial charge in [0.05, 0.1) is 18.7 Å².